The molecule has 0 radical (unpaired) electrons. The van der Waals surface area contributed by atoms with Gasteiger partial charge < -0.3 is 20.3 Å². The van der Waals surface area contributed by atoms with E-state index in [4.69, 9.17) is 22.1 Å². The van der Waals surface area contributed by atoms with E-state index >= 15 is 13.2 Å². The fraction of sp³-hybridized carbons (Fsp3) is 0.455. The summed E-state index contributed by atoms with van der Waals surface area (Å²) in [7, 11) is 0. The molecule has 9 nitrogen and oxygen atoms in total. The number of thiazole rings is 1. The zero-order chi connectivity index (χ0) is 35.0. The second kappa shape index (κ2) is 12.2. The lowest BCUT2D eigenvalue weighted by molar-refractivity contribution is -0.137. The van der Waals surface area contributed by atoms with E-state index in [1.54, 1.807) is 4.90 Å². The molecule has 3 aliphatic rings. The molecule has 49 heavy (non-hydrogen) atoms. The van der Waals surface area contributed by atoms with E-state index in [1.165, 1.54) is 12.1 Å². The van der Waals surface area contributed by atoms with Crippen LogP contribution in [0.25, 0.3) is 32.2 Å². The number of ether oxygens (including phenoxy) is 1. The molecule has 3 saturated heterocycles. The summed E-state index contributed by atoms with van der Waals surface area (Å²) >= 11 is 7.78. The number of nitrogen functional groups attached to an aromatic ring is 1. The minimum Gasteiger partial charge on any atom is -0.461 e. The topological polar surface area (TPSA) is 101 Å². The summed E-state index contributed by atoms with van der Waals surface area (Å²) in [5.74, 6) is -0.806. The lowest BCUT2D eigenvalue weighted by Crippen LogP contribution is -2.58. The number of aromatic nitrogens is 3. The van der Waals surface area contributed by atoms with Crippen molar-refractivity contribution in [2.75, 3.05) is 43.4 Å². The molecule has 0 spiro atoms. The number of amides is 1. The highest BCUT2D eigenvalue weighted by molar-refractivity contribution is 7.22. The molecule has 7 rings (SSSR count). The molecule has 2 N–H and O–H groups in total. The maximum absolute atomic E-state index is 15.0. The Morgan fingerprint density at radius 3 is 2.69 bits per heavy atom. The quantitative estimate of drug-likeness (QED) is 0.170. The van der Waals surface area contributed by atoms with Crippen molar-refractivity contribution >= 4 is 60.9 Å². The summed E-state index contributed by atoms with van der Waals surface area (Å²) in [5.41, 5.74) is 3.63. The maximum atomic E-state index is 15.0. The first kappa shape index (κ1) is 33.7. The zero-order valence-corrected chi connectivity index (χ0v) is 28.2. The molecule has 0 bridgehead atoms. The maximum Gasteiger partial charge on any atom is 0.417 e. The van der Waals surface area contributed by atoms with E-state index in [1.807, 2.05) is 18.7 Å². The number of carbonyl (C=O) groups is 1. The molecule has 2 aromatic heterocycles. The van der Waals surface area contributed by atoms with E-state index in [2.05, 4.69) is 26.4 Å². The Labute approximate surface area is 287 Å². The molecule has 3 aliphatic heterocycles. The van der Waals surface area contributed by atoms with Crippen molar-refractivity contribution in [2.45, 2.75) is 63.1 Å². The number of nitrogens with two attached hydrogens (primary N) is 1. The number of benzene rings is 2. The van der Waals surface area contributed by atoms with E-state index in [9.17, 15) is 13.6 Å². The van der Waals surface area contributed by atoms with Crippen molar-refractivity contribution in [3.05, 3.63) is 47.3 Å². The minimum atomic E-state index is -4.91. The zero-order valence-electron chi connectivity index (χ0n) is 26.7. The van der Waals surface area contributed by atoms with E-state index < -0.39 is 34.8 Å². The summed E-state index contributed by atoms with van der Waals surface area (Å²) in [6.07, 6.45) is -2.80. The summed E-state index contributed by atoms with van der Waals surface area (Å²) < 4.78 is 80.5. The van der Waals surface area contributed by atoms with E-state index in [0.717, 1.165) is 42.9 Å². The van der Waals surface area contributed by atoms with E-state index in [-0.39, 0.29) is 86.4 Å². The molecule has 3 fully saturated rings. The van der Waals surface area contributed by atoms with Crippen LogP contribution in [0.15, 0.2) is 30.9 Å². The molecule has 0 saturated carbocycles. The predicted octanol–water partition coefficient (Wildman–Crippen LogP) is 6.87. The lowest BCUT2D eigenvalue weighted by Gasteiger charge is -2.44. The molecule has 4 aromatic rings. The number of piperazine rings is 1. The molecule has 4 unspecified atom stereocenters. The molecule has 4 atom stereocenters. The van der Waals surface area contributed by atoms with Gasteiger partial charge in [0, 0.05) is 54.7 Å². The Bertz CT molecular complexity index is 1990. The number of alkyl halides is 4. The van der Waals surface area contributed by atoms with Gasteiger partial charge in [-0.1, -0.05) is 29.5 Å². The Kier molecular flexibility index (Phi) is 8.38. The Balaban J connectivity index is 1.43. The van der Waals surface area contributed by atoms with Crippen molar-refractivity contribution in [3.8, 4) is 17.1 Å². The van der Waals surface area contributed by atoms with Gasteiger partial charge in [-0.15, -0.1) is 0 Å². The van der Waals surface area contributed by atoms with Crippen LogP contribution in [0.5, 0.6) is 6.01 Å². The van der Waals surface area contributed by atoms with Gasteiger partial charge in [0.1, 0.15) is 24.4 Å². The SMILES string of the molecule is C=CC(=O)N1CC(C)N(c2nc(OCC34CCCN3CC(F)C4)nc3c(Cl)c(-c4ccc(F)c5sc(N)nc45)c(C(F)(F)F)cc23)CC1C. The Morgan fingerprint density at radius 1 is 1.18 bits per heavy atom. The number of anilines is 2. The number of carbonyl (C=O) groups excluding carboxylic acids is 1. The first-order valence-corrected chi connectivity index (χ1v) is 17.1. The number of halogens is 6. The molecular formula is C33H33ClF5N7O2S. The van der Waals surface area contributed by atoms with Crippen LogP contribution in [0, 0.1) is 5.82 Å². The van der Waals surface area contributed by atoms with Gasteiger partial charge in [0.25, 0.3) is 0 Å². The van der Waals surface area contributed by atoms with Gasteiger partial charge in [-0.05, 0) is 57.5 Å². The Hall–Kier alpha value is -3.82. The largest absolute Gasteiger partial charge is 0.461 e. The fourth-order valence-corrected chi connectivity index (χ4v) is 8.76. The summed E-state index contributed by atoms with van der Waals surface area (Å²) in [6.45, 7) is 8.84. The van der Waals surface area contributed by atoms with Gasteiger partial charge >= 0.3 is 12.2 Å². The molecule has 260 valence electrons. The molecular weight excluding hydrogens is 689 g/mol. The highest BCUT2D eigenvalue weighted by atomic mass is 35.5. The van der Waals surface area contributed by atoms with Crippen LogP contribution in [-0.2, 0) is 11.0 Å². The Morgan fingerprint density at radius 2 is 1.96 bits per heavy atom. The normalized spacial score (nSPS) is 24.6. The van der Waals surface area contributed by atoms with Crippen LogP contribution in [0.3, 0.4) is 0 Å². The number of rotatable bonds is 6. The van der Waals surface area contributed by atoms with Crippen LogP contribution < -0.4 is 15.4 Å². The highest BCUT2D eigenvalue weighted by Crippen LogP contribution is 2.49. The molecule has 5 heterocycles. The smallest absolute Gasteiger partial charge is 0.417 e. The van der Waals surface area contributed by atoms with Gasteiger partial charge in [-0.2, -0.15) is 23.1 Å². The standard InChI is InChI=1S/C33H33ClF5N7O2S/c1-4-23(47)45-12-17(3)46(13-16(45)2)29-20-10-21(33(37,38)39)24(19-6-7-22(36)28-27(19)41-30(40)49-28)25(34)26(20)42-31(43-29)48-15-32-8-5-9-44(32)14-18(35)11-32/h4,6-7,10,16-18H,1,5,8-9,11-15H2,2-3H3,(H2,40,41). The molecule has 0 aliphatic carbocycles. The van der Waals surface area contributed by atoms with Crippen LogP contribution in [0.4, 0.5) is 32.9 Å². The lowest BCUT2D eigenvalue weighted by atomic mass is 9.95. The fourth-order valence-electron chi connectivity index (χ4n) is 7.65. The monoisotopic (exact) mass is 721 g/mol. The summed E-state index contributed by atoms with van der Waals surface area (Å²) in [5, 5.41) is -0.367. The first-order chi connectivity index (χ1) is 23.2. The second-order valence-electron chi connectivity index (χ2n) is 13.1. The van der Waals surface area contributed by atoms with Crippen molar-refractivity contribution in [3.63, 3.8) is 0 Å². The van der Waals surface area contributed by atoms with Crippen LogP contribution in [0.2, 0.25) is 5.02 Å². The van der Waals surface area contributed by atoms with E-state index in [0.29, 0.717) is 13.0 Å². The highest BCUT2D eigenvalue weighted by Gasteiger charge is 2.49. The minimum absolute atomic E-state index is 0.00968. The van der Waals surface area contributed by atoms with Crippen LogP contribution in [-0.4, -0.2) is 87.2 Å². The van der Waals surface area contributed by atoms with Crippen molar-refractivity contribution < 1.29 is 31.5 Å². The van der Waals surface area contributed by atoms with Gasteiger partial charge in [0.2, 0.25) is 5.91 Å². The van der Waals surface area contributed by atoms with Crippen molar-refractivity contribution in [1.29, 1.82) is 0 Å². The predicted molar refractivity (Wildman–Crippen MR) is 179 cm³/mol. The average molecular weight is 722 g/mol. The van der Waals surface area contributed by atoms with Crippen LogP contribution in [0.1, 0.15) is 38.7 Å². The first-order valence-electron chi connectivity index (χ1n) is 15.9. The van der Waals surface area contributed by atoms with Gasteiger partial charge in [-0.25, -0.2) is 13.8 Å². The molecule has 1 amide bonds. The number of hydrogen-bond donors (Lipinski definition) is 1. The van der Waals surface area contributed by atoms with Gasteiger partial charge in [0.05, 0.1) is 31.9 Å². The summed E-state index contributed by atoms with van der Waals surface area (Å²) in [4.78, 5) is 31.5. The number of nitrogens with zero attached hydrogens (tertiary/aromatic N) is 6. The summed E-state index contributed by atoms with van der Waals surface area (Å²) in [6, 6.07) is 2.32. The van der Waals surface area contributed by atoms with Gasteiger partial charge in [-0.3, -0.25) is 9.69 Å². The third kappa shape index (κ3) is 5.72. The third-order valence-corrected chi connectivity index (χ3v) is 11.2. The second-order valence-corrected chi connectivity index (χ2v) is 14.5. The van der Waals surface area contributed by atoms with Crippen LogP contribution >= 0.6 is 22.9 Å². The van der Waals surface area contributed by atoms with Crippen molar-refractivity contribution in [2.24, 2.45) is 0 Å². The van der Waals surface area contributed by atoms with Crippen molar-refractivity contribution in [1.82, 2.24) is 24.8 Å². The molecule has 2 aromatic carbocycles. The van der Waals surface area contributed by atoms with Gasteiger partial charge in [0.15, 0.2) is 5.13 Å². The number of hydrogen-bond acceptors (Lipinski definition) is 9. The number of fused-ring (bicyclic) bond motifs is 3. The molecule has 16 heteroatoms. The third-order valence-electron chi connectivity index (χ3n) is 9.92. The average Bonchev–Trinajstić information content (AvgIpc) is 3.72.